The maximum absolute atomic E-state index is 11.2. The molecular formula is C11H22N4O5. The number of amides is 3. The standard InChI is InChI=1S/C11H22N4O5/c1-11(2,3)20-10(18)15-19-5-4-13-9(17)7-14-8(16)6-12/h4-7,12H2,1-3H3,(H,13,17)(H,14,16)(H,15,18). The molecule has 0 aliphatic rings. The average molecular weight is 290 g/mol. The largest absolute Gasteiger partial charge is 0.442 e. The van der Waals surface area contributed by atoms with Crippen LogP contribution in [0.5, 0.6) is 0 Å². The molecule has 0 aromatic rings. The van der Waals surface area contributed by atoms with E-state index in [-0.39, 0.29) is 32.1 Å². The van der Waals surface area contributed by atoms with Gasteiger partial charge in [-0.15, -0.1) is 0 Å². The summed E-state index contributed by atoms with van der Waals surface area (Å²) in [4.78, 5) is 37.9. The summed E-state index contributed by atoms with van der Waals surface area (Å²) in [6, 6.07) is 0. The van der Waals surface area contributed by atoms with E-state index in [0.717, 1.165) is 0 Å². The van der Waals surface area contributed by atoms with Gasteiger partial charge in [0.15, 0.2) is 0 Å². The summed E-state index contributed by atoms with van der Waals surface area (Å²) in [5.74, 6) is -0.796. The van der Waals surface area contributed by atoms with Crippen molar-refractivity contribution in [2.24, 2.45) is 5.73 Å². The highest BCUT2D eigenvalue weighted by Crippen LogP contribution is 2.05. The molecule has 20 heavy (non-hydrogen) atoms. The number of ether oxygens (including phenoxy) is 1. The first-order valence-corrected chi connectivity index (χ1v) is 6.09. The quantitative estimate of drug-likeness (QED) is 0.338. The molecule has 3 amide bonds. The Bertz CT molecular complexity index is 340. The Kier molecular flexibility index (Phi) is 8.25. The van der Waals surface area contributed by atoms with Crippen LogP contribution in [0.25, 0.3) is 0 Å². The van der Waals surface area contributed by atoms with Crippen LogP contribution in [-0.2, 0) is 19.2 Å². The van der Waals surface area contributed by atoms with E-state index in [9.17, 15) is 14.4 Å². The first-order valence-electron chi connectivity index (χ1n) is 6.09. The molecule has 0 bridgehead atoms. The van der Waals surface area contributed by atoms with Gasteiger partial charge in [-0.05, 0) is 20.8 Å². The van der Waals surface area contributed by atoms with Crippen molar-refractivity contribution in [1.82, 2.24) is 16.1 Å². The van der Waals surface area contributed by atoms with Crippen molar-refractivity contribution < 1.29 is 24.0 Å². The number of hydroxylamine groups is 1. The smallest absolute Gasteiger partial charge is 0.431 e. The van der Waals surface area contributed by atoms with Gasteiger partial charge in [0.1, 0.15) is 5.60 Å². The van der Waals surface area contributed by atoms with E-state index < -0.39 is 17.6 Å². The monoisotopic (exact) mass is 290 g/mol. The number of hydrogen-bond acceptors (Lipinski definition) is 6. The lowest BCUT2D eigenvalue weighted by Crippen LogP contribution is -2.41. The molecule has 0 fully saturated rings. The zero-order chi connectivity index (χ0) is 15.6. The average Bonchev–Trinajstić information content (AvgIpc) is 2.33. The van der Waals surface area contributed by atoms with Crippen molar-refractivity contribution in [2.75, 3.05) is 26.2 Å². The van der Waals surface area contributed by atoms with Crippen LogP contribution in [0.2, 0.25) is 0 Å². The van der Waals surface area contributed by atoms with Crippen LogP contribution in [0.1, 0.15) is 20.8 Å². The number of hydrogen-bond donors (Lipinski definition) is 4. The van der Waals surface area contributed by atoms with E-state index in [1.54, 1.807) is 20.8 Å². The second-order valence-electron chi connectivity index (χ2n) is 4.78. The van der Waals surface area contributed by atoms with Crippen LogP contribution < -0.4 is 21.8 Å². The molecule has 0 atom stereocenters. The van der Waals surface area contributed by atoms with Gasteiger partial charge in [0, 0.05) is 6.54 Å². The zero-order valence-corrected chi connectivity index (χ0v) is 11.9. The summed E-state index contributed by atoms with van der Waals surface area (Å²) < 4.78 is 4.92. The predicted molar refractivity (Wildman–Crippen MR) is 70.4 cm³/mol. The van der Waals surface area contributed by atoms with Gasteiger partial charge in [-0.25, -0.2) is 4.79 Å². The van der Waals surface area contributed by atoms with E-state index in [1.165, 1.54) is 0 Å². The van der Waals surface area contributed by atoms with Gasteiger partial charge in [0.2, 0.25) is 11.8 Å². The third-order valence-electron chi connectivity index (χ3n) is 1.71. The molecule has 0 radical (unpaired) electrons. The van der Waals surface area contributed by atoms with Crippen LogP contribution >= 0.6 is 0 Å². The lowest BCUT2D eigenvalue weighted by Gasteiger charge is -2.19. The molecule has 0 saturated heterocycles. The minimum absolute atomic E-state index is 0.0653. The van der Waals surface area contributed by atoms with Crippen LogP contribution in [0.3, 0.4) is 0 Å². The van der Waals surface area contributed by atoms with Crippen LogP contribution in [0, 0.1) is 0 Å². The van der Waals surface area contributed by atoms with Crippen LogP contribution in [0.15, 0.2) is 0 Å². The zero-order valence-electron chi connectivity index (χ0n) is 11.9. The molecule has 5 N–H and O–H groups in total. The highest BCUT2D eigenvalue weighted by molar-refractivity contribution is 5.85. The summed E-state index contributed by atoms with van der Waals surface area (Å²) in [7, 11) is 0. The second kappa shape index (κ2) is 9.10. The molecule has 9 heteroatoms. The van der Waals surface area contributed by atoms with E-state index in [2.05, 4.69) is 16.1 Å². The normalized spacial score (nSPS) is 10.6. The maximum atomic E-state index is 11.2. The van der Waals surface area contributed by atoms with Crippen LogP contribution in [-0.4, -0.2) is 49.7 Å². The maximum Gasteiger partial charge on any atom is 0.431 e. The number of carbonyl (C=O) groups excluding carboxylic acids is 3. The minimum atomic E-state index is -0.709. The fourth-order valence-corrected chi connectivity index (χ4v) is 0.964. The first-order chi connectivity index (χ1) is 9.24. The van der Waals surface area contributed by atoms with Gasteiger partial charge in [-0.2, -0.15) is 5.48 Å². The van der Waals surface area contributed by atoms with Gasteiger partial charge >= 0.3 is 6.09 Å². The predicted octanol–water partition coefficient (Wildman–Crippen LogP) is -1.37. The van der Waals surface area contributed by atoms with Gasteiger partial charge in [0.25, 0.3) is 0 Å². The molecule has 116 valence electrons. The van der Waals surface area contributed by atoms with Gasteiger partial charge in [0.05, 0.1) is 19.7 Å². The number of carbonyl (C=O) groups is 3. The van der Waals surface area contributed by atoms with E-state index in [0.29, 0.717) is 0 Å². The number of nitrogens with two attached hydrogens (primary N) is 1. The van der Waals surface area contributed by atoms with Gasteiger partial charge < -0.3 is 21.1 Å². The summed E-state index contributed by atoms with van der Waals surface area (Å²) in [5, 5.41) is 4.78. The highest BCUT2D eigenvalue weighted by Gasteiger charge is 2.15. The van der Waals surface area contributed by atoms with Crippen molar-refractivity contribution in [3.05, 3.63) is 0 Å². The van der Waals surface area contributed by atoms with Gasteiger partial charge in [-0.3, -0.25) is 14.4 Å². The topological polar surface area (TPSA) is 132 Å². The molecule has 0 unspecified atom stereocenters. The number of rotatable bonds is 7. The van der Waals surface area contributed by atoms with E-state index in [1.807, 2.05) is 0 Å². The lowest BCUT2D eigenvalue weighted by molar-refractivity contribution is -0.125. The third-order valence-corrected chi connectivity index (χ3v) is 1.71. The Labute approximate surface area is 117 Å². The first kappa shape index (κ1) is 18.1. The Hall–Kier alpha value is -1.87. The Morgan fingerprint density at radius 2 is 1.75 bits per heavy atom. The van der Waals surface area contributed by atoms with E-state index >= 15 is 0 Å². The third kappa shape index (κ3) is 11.2. The Morgan fingerprint density at radius 1 is 1.10 bits per heavy atom. The van der Waals surface area contributed by atoms with E-state index in [4.69, 9.17) is 15.3 Å². The molecule has 0 spiro atoms. The summed E-state index contributed by atoms with van der Waals surface area (Å²) in [6.07, 6.45) is -0.709. The van der Waals surface area contributed by atoms with Crippen molar-refractivity contribution in [3.8, 4) is 0 Å². The molecular weight excluding hydrogens is 268 g/mol. The summed E-state index contributed by atoms with van der Waals surface area (Å²) in [5.41, 5.74) is 6.52. The van der Waals surface area contributed by atoms with Gasteiger partial charge in [-0.1, -0.05) is 0 Å². The molecule has 0 aromatic heterocycles. The molecule has 0 saturated carbocycles. The molecule has 0 aliphatic heterocycles. The molecule has 0 aromatic carbocycles. The van der Waals surface area contributed by atoms with Crippen LogP contribution in [0.4, 0.5) is 4.79 Å². The molecule has 0 heterocycles. The molecule has 0 rings (SSSR count). The lowest BCUT2D eigenvalue weighted by atomic mass is 10.2. The fraction of sp³-hybridized carbons (Fsp3) is 0.727. The van der Waals surface area contributed by atoms with Crippen molar-refractivity contribution in [2.45, 2.75) is 26.4 Å². The molecule has 9 nitrogen and oxygen atoms in total. The SMILES string of the molecule is CC(C)(C)OC(=O)NOCCNC(=O)CNC(=O)CN. The van der Waals surface area contributed by atoms with Crippen molar-refractivity contribution >= 4 is 17.9 Å². The molecule has 0 aliphatic carbocycles. The minimum Gasteiger partial charge on any atom is -0.442 e. The van der Waals surface area contributed by atoms with Crippen molar-refractivity contribution in [3.63, 3.8) is 0 Å². The summed E-state index contributed by atoms with van der Waals surface area (Å²) >= 11 is 0. The fourth-order valence-electron chi connectivity index (χ4n) is 0.964. The highest BCUT2D eigenvalue weighted by atomic mass is 16.7. The van der Waals surface area contributed by atoms with Crippen molar-refractivity contribution in [1.29, 1.82) is 0 Å². The summed E-state index contributed by atoms with van der Waals surface area (Å²) in [6.45, 7) is 5.09. The Balaban J connectivity index is 3.55. The number of nitrogens with one attached hydrogen (secondary N) is 3. The second-order valence-corrected chi connectivity index (χ2v) is 4.78. The Morgan fingerprint density at radius 3 is 2.30 bits per heavy atom.